The fraction of sp³-hybridized carbons (Fsp3) is 0.0909. The van der Waals surface area contributed by atoms with Gasteiger partial charge in [0, 0.05) is 23.4 Å². The minimum atomic E-state index is -0.997. The van der Waals surface area contributed by atoms with Gasteiger partial charge in [0.2, 0.25) is 5.91 Å². The number of nitro groups is 1. The van der Waals surface area contributed by atoms with Gasteiger partial charge in [-0.2, -0.15) is 0 Å². The molecule has 0 aromatic heterocycles. The average molecular weight is 458 g/mol. The number of nitrogens with one attached hydrogen (secondary N) is 1. The SMILES string of the molecule is O=C1CN(C(=O)c2cc([N+](=O)[O-])ccc2Cl)[C@H](c2ccc(F)cc2)c2cc(F)ccc2N1. The maximum atomic E-state index is 14.2. The van der Waals surface area contributed by atoms with Gasteiger partial charge in [-0.15, -0.1) is 0 Å². The molecule has 1 aliphatic rings. The van der Waals surface area contributed by atoms with E-state index in [2.05, 4.69) is 5.32 Å². The summed E-state index contributed by atoms with van der Waals surface area (Å²) in [7, 11) is 0. The first-order valence-electron chi connectivity index (χ1n) is 9.34. The minimum Gasteiger partial charge on any atom is -0.324 e. The standard InChI is InChI=1S/C22H14ClF2N3O4/c23-18-7-6-15(28(31)32)10-16(18)22(30)27-11-20(29)26-19-8-5-14(25)9-17(19)21(27)12-1-3-13(24)4-2-12/h1-10,21H,11H2,(H,26,29)/t21-/m1/s1. The van der Waals surface area contributed by atoms with E-state index in [0.717, 1.165) is 23.1 Å². The van der Waals surface area contributed by atoms with Crippen molar-refractivity contribution in [2.45, 2.75) is 6.04 Å². The molecule has 0 unspecified atom stereocenters. The molecule has 1 heterocycles. The molecule has 7 nitrogen and oxygen atoms in total. The third-order valence-corrected chi connectivity index (χ3v) is 5.38. The second kappa shape index (κ2) is 8.35. The van der Waals surface area contributed by atoms with Crippen molar-refractivity contribution in [3.8, 4) is 0 Å². The molecule has 10 heteroatoms. The lowest BCUT2D eigenvalue weighted by Crippen LogP contribution is -2.39. The van der Waals surface area contributed by atoms with Crippen LogP contribution in [0, 0.1) is 21.7 Å². The van der Waals surface area contributed by atoms with Crippen molar-refractivity contribution < 1.29 is 23.3 Å². The predicted octanol–water partition coefficient (Wildman–Crippen LogP) is 4.71. The topological polar surface area (TPSA) is 92.5 Å². The number of benzene rings is 3. The quantitative estimate of drug-likeness (QED) is 0.455. The molecule has 3 aromatic carbocycles. The Bertz CT molecular complexity index is 1250. The zero-order chi connectivity index (χ0) is 23.0. The number of carbonyl (C=O) groups excluding carboxylic acids is 2. The van der Waals surface area contributed by atoms with Crippen LogP contribution in [0.15, 0.2) is 60.7 Å². The number of amides is 2. The molecule has 1 atom stereocenters. The highest BCUT2D eigenvalue weighted by Crippen LogP contribution is 2.38. The van der Waals surface area contributed by atoms with E-state index in [-0.39, 0.29) is 27.5 Å². The normalized spacial score (nSPS) is 15.5. The Morgan fingerprint density at radius 2 is 1.75 bits per heavy atom. The van der Waals surface area contributed by atoms with Gasteiger partial charge >= 0.3 is 0 Å². The first kappa shape index (κ1) is 21.4. The highest BCUT2D eigenvalue weighted by molar-refractivity contribution is 6.34. The predicted molar refractivity (Wildman–Crippen MR) is 112 cm³/mol. The van der Waals surface area contributed by atoms with Gasteiger partial charge in [0.1, 0.15) is 18.2 Å². The number of nitro benzene ring substituents is 1. The Morgan fingerprint density at radius 1 is 1.06 bits per heavy atom. The zero-order valence-electron chi connectivity index (χ0n) is 16.2. The van der Waals surface area contributed by atoms with Crippen molar-refractivity contribution >= 4 is 34.8 Å². The number of rotatable bonds is 3. The Labute approximate surface area is 185 Å². The number of carbonyl (C=O) groups is 2. The number of anilines is 1. The van der Waals surface area contributed by atoms with Crippen LogP contribution in [-0.2, 0) is 4.79 Å². The van der Waals surface area contributed by atoms with E-state index in [1.54, 1.807) is 0 Å². The van der Waals surface area contributed by atoms with Gasteiger partial charge in [0.05, 0.1) is 21.6 Å². The van der Waals surface area contributed by atoms with Crippen LogP contribution in [-0.4, -0.2) is 28.2 Å². The first-order chi connectivity index (χ1) is 15.2. The number of hydrogen-bond donors (Lipinski definition) is 1. The van der Waals surface area contributed by atoms with Crippen molar-refractivity contribution in [2.24, 2.45) is 0 Å². The van der Waals surface area contributed by atoms with Crippen molar-refractivity contribution in [2.75, 3.05) is 11.9 Å². The van der Waals surface area contributed by atoms with Crippen LogP contribution in [0.5, 0.6) is 0 Å². The molecule has 162 valence electrons. The van der Waals surface area contributed by atoms with E-state index in [1.165, 1.54) is 42.5 Å². The summed E-state index contributed by atoms with van der Waals surface area (Å²) in [6, 6.07) is 11.3. The lowest BCUT2D eigenvalue weighted by molar-refractivity contribution is -0.384. The summed E-state index contributed by atoms with van der Waals surface area (Å²) < 4.78 is 27.7. The summed E-state index contributed by atoms with van der Waals surface area (Å²) in [4.78, 5) is 37.7. The summed E-state index contributed by atoms with van der Waals surface area (Å²) in [5.74, 6) is -2.46. The molecule has 2 amide bonds. The van der Waals surface area contributed by atoms with Gasteiger partial charge in [-0.3, -0.25) is 19.7 Å². The number of hydrogen-bond acceptors (Lipinski definition) is 4. The lowest BCUT2D eigenvalue weighted by atomic mass is 9.95. The Balaban J connectivity index is 1.91. The molecule has 0 aliphatic carbocycles. The number of fused-ring (bicyclic) bond motifs is 1. The summed E-state index contributed by atoms with van der Waals surface area (Å²) in [5.41, 5.74) is 0.399. The van der Waals surface area contributed by atoms with Crippen LogP contribution >= 0.6 is 11.6 Å². The largest absolute Gasteiger partial charge is 0.324 e. The molecular weight excluding hydrogens is 444 g/mol. The molecule has 0 saturated carbocycles. The number of nitrogens with zero attached hydrogens (tertiary/aromatic N) is 2. The Morgan fingerprint density at radius 3 is 2.44 bits per heavy atom. The maximum absolute atomic E-state index is 14.2. The third-order valence-electron chi connectivity index (χ3n) is 5.05. The summed E-state index contributed by atoms with van der Waals surface area (Å²) in [6.45, 7) is -0.448. The summed E-state index contributed by atoms with van der Waals surface area (Å²) in [6.07, 6.45) is 0. The fourth-order valence-electron chi connectivity index (χ4n) is 3.62. The van der Waals surface area contributed by atoms with Crippen LogP contribution in [0.1, 0.15) is 27.5 Å². The van der Waals surface area contributed by atoms with Gasteiger partial charge in [-0.25, -0.2) is 8.78 Å². The van der Waals surface area contributed by atoms with Crippen LogP contribution in [0.25, 0.3) is 0 Å². The van der Waals surface area contributed by atoms with Gasteiger partial charge in [-0.05, 0) is 42.0 Å². The second-order valence-electron chi connectivity index (χ2n) is 7.09. The highest BCUT2D eigenvalue weighted by Gasteiger charge is 2.35. The highest BCUT2D eigenvalue weighted by atomic mass is 35.5. The van der Waals surface area contributed by atoms with Crippen molar-refractivity contribution in [1.82, 2.24) is 4.90 Å². The number of halogens is 3. The molecule has 32 heavy (non-hydrogen) atoms. The molecule has 0 radical (unpaired) electrons. The van der Waals surface area contributed by atoms with Gasteiger partial charge in [0.15, 0.2) is 0 Å². The molecule has 0 bridgehead atoms. The van der Waals surface area contributed by atoms with Crippen LogP contribution in [0.4, 0.5) is 20.2 Å². The van der Waals surface area contributed by atoms with E-state index >= 15 is 0 Å². The Hall–Kier alpha value is -3.85. The molecule has 0 spiro atoms. The first-order valence-corrected chi connectivity index (χ1v) is 9.72. The molecule has 1 N–H and O–H groups in total. The van der Waals surface area contributed by atoms with E-state index in [4.69, 9.17) is 11.6 Å². The third kappa shape index (κ3) is 4.02. The van der Waals surface area contributed by atoms with Crippen LogP contribution in [0.2, 0.25) is 5.02 Å². The summed E-state index contributed by atoms with van der Waals surface area (Å²) >= 11 is 6.15. The van der Waals surface area contributed by atoms with E-state index in [9.17, 15) is 28.5 Å². The van der Waals surface area contributed by atoms with Gasteiger partial charge in [-0.1, -0.05) is 23.7 Å². The van der Waals surface area contributed by atoms with Crippen molar-refractivity contribution in [3.63, 3.8) is 0 Å². The Kier molecular flexibility index (Phi) is 5.58. The molecule has 1 aliphatic heterocycles. The second-order valence-corrected chi connectivity index (χ2v) is 7.50. The molecule has 3 aromatic rings. The zero-order valence-corrected chi connectivity index (χ0v) is 17.0. The van der Waals surface area contributed by atoms with Gasteiger partial charge < -0.3 is 10.2 Å². The fourth-order valence-corrected chi connectivity index (χ4v) is 3.81. The average Bonchev–Trinajstić information content (AvgIpc) is 2.89. The molecule has 4 rings (SSSR count). The molecular formula is C22H14ClF2N3O4. The van der Waals surface area contributed by atoms with Crippen molar-refractivity contribution in [3.05, 3.63) is 104 Å². The lowest BCUT2D eigenvalue weighted by Gasteiger charge is -2.31. The maximum Gasteiger partial charge on any atom is 0.270 e. The van der Waals surface area contributed by atoms with E-state index in [1.807, 2.05) is 0 Å². The monoisotopic (exact) mass is 457 g/mol. The van der Waals surface area contributed by atoms with Crippen molar-refractivity contribution in [1.29, 1.82) is 0 Å². The minimum absolute atomic E-state index is 0.0532. The van der Waals surface area contributed by atoms with Crippen LogP contribution < -0.4 is 5.32 Å². The smallest absolute Gasteiger partial charge is 0.270 e. The van der Waals surface area contributed by atoms with E-state index in [0.29, 0.717) is 5.56 Å². The summed E-state index contributed by atoms with van der Waals surface area (Å²) in [5, 5.41) is 13.8. The van der Waals surface area contributed by atoms with Gasteiger partial charge in [0.25, 0.3) is 11.6 Å². The molecule has 0 fully saturated rings. The van der Waals surface area contributed by atoms with E-state index < -0.39 is 41.0 Å². The number of non-ortho nitro benzene ring substituents is 1. The van der Waals surface area contributed by atoms with Crippen LogP contribution in [0.3, 0.4) is 0 Å². The molecule has 0 saturated heterocycles.